The maximum absolute atomic E-state index is 12.2. The van der Waals surface area contributed by atoms with Crippen LogP contribution in [0.15, 0.2) is 24.8 Å². The van der Waals surface area contributed by atoms with Gasteiger partial charge in [-0.05, 0) is 25.5 Å². The van der Waals surface area contributed by atoms with Crippen LogP contribution in [0.2, 0.25) is 5.15 Å². The highest BCUT2D eigenvalue weighted by molar-refractivity contribution is 6.29. The Morgan fingerprint density at radius 2 is 2.23 bits per heavy atom. The first-order chi connectivity index (χ1) is 10.5. The number of aromatic nitrogens is 3. The Morgan fingerprint density at radius 1 is 1.55 bits per heavy atom. The largest absolute Gasteiger partial charge is 0.467 e. The van der Waals surface area contributed by atoms with E-state index < -0.39 is 5.54 Å². The van der Waals surface area contributed by atoms with Crippen LogP contribution in [0, 0.1) is 12.8 Å². The molecule has 22 heavy (non-hydrogen) atoms. The Kier molecular flexibility index (Phi) is 4.56. The maximum Gasteiger partial charge on any atom is 0.334 e. The van der Waals surface area contributed by atoms with Crippen molar-refractivity contribution in [2.24, 2.45) is 5.92 Å². The molecule has 0 spiro atoms. The first-order valence-electron chi connectivity index (χ1n) is 7.28. The third-order valence-corrected chi connectivity index (χ3v) is 4.08. The molecule has 0 bridgehead atoms. The van der Waals surface area contributed by atoms with E-state index in [1.165, 1.54) is 7.11 Å². The van der Waals surface area contributed by atoms with Crippen molar-refractivity contribution in [1.29, 1.82) is 0 Å². The van der Waals surface area contributed by atoms with Gasteiger partial charge in [-0.1, -0.05) is 31.5 Å². The van der Waals surface area contributed by atoms with Gasteiger partial charge in [0.15, 0.2) is 11.2 Å². The average molecular weight is 322 g/mol. The first-order valence-corrected chi connectivity index (χ1v) is 7.65. The summed E-state index contributed by atoms with van der Waals surface area (Å²) in [6.45, 7) is 9.65. The molecular formula is C16H20ClN3O2. The number of esters is 1. The number of hydrogen-bond acceptors (Lipinski definition) is 4. The molecule has 3 rings (SSSR count). The number of carbonyl (C=O) groups excluding carboxylic acids is 1. The predicted molar refractivity (Wildman–Crippen MR) is 86.9 cm³/mol. The standard InChI is InChI=1S/C14H14ClN3O2.C2H6/c1-4-9-7-14(9,13(19)20-3)18-12-10(8(2)17-18)5-6-11(15)16-12;1-2/h4-6,9H,1,7H2,2-3H3;1-2H3. The molecule has 2 heterocycles. The van der Waals surface area contributed by atoms with Crippen LogP contribution in [-0.4, -0.2) is 27.8 Å². The maximum atomic E-state index is 12.2. The summed E-state index contributed by atoms with van der Waals surface area (Å²) in [5.41, 5.74) is 0.577. The number of ether oxygens (including phenoxy) is 1. The second-order valence-corrected chi connectivity index (χ2v) is 5.35. The number of aryl methyl sites for hydroxylation is 1. The number of nitrogens with zero attached hydrogens (tertiary/aromatic N) is 3. The molecule has 1 fully saturated rings. The molecule has 2 aromatic rings. The quantitative estimate of drug-likeness (QED) is 0.493. The highest BCUT2D eigenvalue weighted by Crippen LogP contribution is 2.52. The lowest BCUT2D eigenvalue weighted by Crippen LogP contribution is -2.32. The molecule has 0 N–H and O–H groups in total. The second-order valence-electron chi connectivity index (χ2n) is 4.96. The van der Waals surface area contributed by atoms with Crippen molar-refractivity contribution in [2.45, 2.75) is 32.7 Å². The monoisotopic (exact) mass is 321 g/mol. The SMILES string of the molecule is C=CC1CC1(C(=O)OC)n1nc(C)c2ccc(Cl)nc21.CC. The summed E-state index contributed by atoms with van der Waals surface area (Å²) in [7, 11) is 1.38. The van der Waals surface area contributed by atoms with Gasteiger partial charge in [0.25, 0.3) is 0 Å². The molecule has 0 amide bonds. The van der Waals surface area contributed by atoms with E-state index in [-0.39, 0.29) is 11.9 Å². The zero-order chi connectivity index (χ0) is 16.5. The second kappa shape index (κ2) is 6.08. The van der Waals surface area contributed by atoms with Gasteiger partial charge in [-0.3, -0.25) is 0 Å². The minimum atomic E-state index is -0.833. The third kappa shape index (κ3) is 2.29. The molecule has 6 heteroatoms. The minimum Gasteiger partial charge on any atom is -0.467 e. The van der Waals surface area contributed by atoms with E-state index in [9.17, 15) is 4.79 Å². The van der Waals surface area contributed by atoms with Crippen LogP contribution >= 0.6 is 11.6 Å². The van der Waals surface area contributed by atoms with Crippen molar-refractivity contribution < 1.29 is 9.53 Å². The zero-order valence-electron chi connectivity index (χ0n) is 13.3. The molecule has 1 aliphatic carbocycles. The molecule has 0 aliphatic heterocycles. The molecule has 2 atom stereocenters. The van der Waals surface area contributed by atoms with E-state index in [4.69, 9.17) is 16.3 Å². The van der Waals surface area contributed by atoms with Gasteiger partial charge in [0.1, 0.15) is 5.15 Å². The predicted octanol–water partition coefficient (Wildman–Crippen LogP) is 3.49. The van der Waals surface area contributed by atoms with Gasteiger partial charge in [-0.25, -0.2) is 14.5 Å². The Balaban J connectivity index is 0.000000847. The molecule has 2 unspecified atom stereocenters. The molecule has 1 aliphatic rings. The van der Waals surface area contributed by atoms with Crippen molar-refractivity contribution in [3.63, 3.8) is 0 Å². The van der Waals surface area contributed by atoms with Crippen LogP contribution in [0.3, 0.4) is 0 Å². The molecule has 118 valence electrons. The summed E-state index contributed by atoms with van der Waals surface area (Å²) >= 11 is 5.97. The van der Waals surface area contributed by atoms with Crippen LogP contribution in [0.1, 0.15) is 26.0 Å². The van der Waals surface area contributed by atoms with Crippen LogP contribution < -0.4 is 0 Å². The lowest BCUT2D eigenvalue weighted by atomic mass is 10.2. The van der Waals surface area contributed by atoms with Crippen LogP contribution in [0.25, 0.3) is 11.0 Å². The number of hydrogen-bond donors (Lipinski definition) is 0. The molecule has 2 aromatic heterocycles. The number of carbonyl (C=O) groups is 1. The fraction of sp³-hybridized carbons (Fsp3) is 0.438. The number of allylic oxidation sites excluding steroid dienone is 1. The molecule has 5 nitrogen and oxygen atoms in total. The fourth-order valence-corrected chi connectivity index (χ4v) is 2.84. The highest BCUT2D eigenvalue weighted by Gasteiger charge is 2.63. The van der Waals surface area contributed by atoms with E-state index in [0.29, 0.717) is 17.2 Å². The number of fused-ring (bicyclic) bond motifs is 1. The Hall–Kier alpha value is -1.88. The third-order valence-electron chi connectivity index (χ3n) is 3.87. The minimum absolute atomic E-state index is 0.00164. The van der Waals surface area contributed by atoms with E-state index in [2.05, 4.69) is 16.7 Å². The fourth-order valence-electron chi connectivity index (χ4n) is 2.69. The normalized spacial score (nSPS) is 22.7. The molecular weight excluding hydrogens is 302 g/mol. The summed E-state index contributed by atoms with van der Waals surface area (Å²) in [4.78, 5) is 16.5. The molecule has 0 saturated heterocycles. The highest BCUT2D eigenvalue weighted by atomic mass is 35.5. The Labute approximate surface area is 134 Å². The summed E-state index contributed by atoms with van der Waals surface area (Å²) in [5, 5.41) is 5.73. The molecule has 0 aromatic carbocycles. The van der Waals surface area contributed by atoms with Crippen LogP contribution in [-0.2, 0) is 15.1 Å². The number of halogens is 1. The summed E-state index contributed by atoms with van der Waals surface area (Å²) in [6, 6.07) is 3.57. The van der Waals surface area contributed by atoms with Gasteiger partial charge < -0.3 is 4.74 Å². The van der Waals surface area contributed by atoms with Crippen LogP contribution in [0.4, 0.5) is 0 Å². The van der Waals surface area contributed by atoms with Gasteiger partial charge in [-0.2, -0.15) is 5.10 Å². The molecule has 0 radical (unpaired) electrons. The van der Waals surface area contributed by atoms with Crippen molar-refractivity contribution in [3.8, 4) is 0 Å². The van der Waals surface area contributed by atoms with Gasteiger partial charge in [-0.15, -0.1) is 6.58 Å². The summed E-state index contributed by atoms with van der Waals surface area (Å²) in [5.74, 6) is -0.327. The zero-order valence-corrected chi connectivity index (χ0v) is 14.0. The van der Waals surface area contributed by atoms with Crippen LogP contribution in [0.5, 0.6) is 0 Å². The van der Waals surface area contributed by atoms with Gasteiger partial charge in [0, 0.05) is 11.3 Å². The van der Waals surface area contributed by atoms with E-state index in [1.54, 1.807) is 16.8 Å². The Bertz CT molecular complexity index is 725. The van der Waals surface area contributed by atoms with Crippen molar-refractivity contribution in [1.82, 2.24) is 14.8 Å². The van der Waals surface area contributed by atoms with E-state index in [0.717, 1.165) is 11.1 Å². The van der Waals surface area contributed by atoms with Gasteiger partial charge >= 0.3 is 5.97 Å². The Morgan fingerprint density at radius 3 is 2.77 bits per heavy atom. The number of methoxy groups -OCH3 is 1. The first kappa shape index (κ1) is 16.5. The summed E-state index contributed by atoms with van der Waals surface area (Å²) in [6.07, 6.45) is 2.37. The average Bonchev–Trinajstić information content (AvgIpc) is 3.20. The smallest absolute Gasteiger partial charge is 0.334 e. The topological polar surface area (TPSA) is 57.0 Å². The molecule has 1 saturated carbocycles. The van der Waals surface area contributed by atoms with E-state index in [1.807, 2.05) is 26.8 Å². The van der Waals surface area contributed by atoms with Crippen molar-refractivity contribution >= 4 is 28.6 Å². The lowest BCUT2D eigenvalue weighted by Gasteiger charge is -2.15. The van der Waals surface area contributed by atoms with Gasteiger partial charge in [0.2, 0.25) is 0 Å². The number of pyridine rings is 1. The van der Waals surface area contributed by atoms with Crippen molar-refractivity contribution in [3.05, 3.63) is 35.6 Å². The summed E-state index contributed by atoms with van der Waals surface area (Å²) < 4.78 is 6.58. The van der Waals surface area contributed by atoms with E-state index >= 15 is 0 Å². The van der Waals surface area contributed by atoms with Gasteiger partial charge in [0.05, 0.1) is 12.8 Å². The number of rotatable bonds is 3. The van der Waals surface area contributed by atoms with Crippen molar-refractivity contribution in [2.75, 3.05) is 7.11 Å². The lowest BCUT2D eigenvalue weighted by molar-refractivity contribution is -0.146.